The monoisotopic (exact) mass is 398 g/mol. The number of aliphatic hydroxyl groups is 2. The van der Waals surface area contributed by atoms with Gasteiger partial charge in [0, 0.05) is 18.3 Å². The zero-order valence-electron chi connectivity index (χ0n) is 18.2. The maximum atomic E-state index is 12.9. The minimum Gasteiger partial charge on any atom is -0.392 e. The van der Waals surface area contributed by atoms with E-state index in [1.165, 1.54) is 12.8 Å². The zero-order valence-corrected chi connectivity index (χ0v) is 18.2. The first kappa shape index (κ1) is 22.2. The van der Waals surface area contributed by atoms with Gasteiger partial charge in [-0.3, -0.25) is 4.79 Å². The molecule has 0 saturated heterocycles. The van der Waals surface area contributed by atoms with Crippen LogP contribution in [0.4, 0.5) is 0 Å². The van der Waals surface area contributed by atoms with Crippen LogP contribution in [0.15, 0.2) is 42.5 Å². The highest BCUT2D eigenvalue weighted by atomic mass is 16.3. The fourth-order valence-corrected chi connectivity index (χ4v) is 5.74. The van der Waals surface area contributed by atoms with Gasteiger partial charge in [0.1, 0.15) is 5.78 Å². The summed E-state index contributed by atoms with van der Waals surface area (Å²) in [7, 11) is 0. The molecule has 1 unspecified atom stereocenters. The van der Waals surface area contributed by atoms with Gasteiger partial charge in [0.25, 0.3) is 0 Å². The van der Waals surface area contributed by atoms with E-state index in [4.69, 9.17) is 0 Å². The van der Waals surface area contributed by atoms with Gasteiger partial charge in [-0.25, -0.2) is 0 Å². The fraction of sp³-hybridized carbons (Fsp3) is 0.654. The van der Waals surface area contributed by atoms with Crippen LogP contribution in [0.5, 0.6) is 0 Å². The molecular weight excluding hydrogens is 360 g/mol. The van der Waals surface area contributed by atoms with Crippen molar-refractivity contribution in [3.05, 3.63) is 48.0 Å². The molecule has 3 rings (SSSR count). The van der Waals surface area contributed by atoms with E-state index in [9.17, 15) is 15.0 Å². The van der Waals surface area contributed by atoms with E-state index < -0.39 is 12.2 Å². The van der Waals surface area contributed by atoms with Gasteiger partial charge in [0.15, 0.2) is 0 Å². The van der Waals surface area contributed by atoms with E-state index in [1.807, 2.05) is 30.3 Å². The van der Waals surface area contributed by atoms with Crippen molar-refractivity contribution >= 4 is 5.78 Å². The summed E-state index contributed by atoms with van der Waals surface area (Å²) in [6.45, 7) is 6.86. The molecule has 1 aromatic rings. The third-order valence-electron chi connectivity index (χ3n) is 7.33. The number of carbonyl (C=O) groups excluding carboxylic acids is 1. The Hall–Kier alpha value is -1.45. The van der Waals surface area contributed by atoms with Crippen LogP contribution < -0.4 is 0 Å². The van der Waals surface area contributed by atoms with Crippen LogP contribution in [-0.2, 0) is 4.79 Å². The summed E-state index contributed by atoms with van der Waals surface area (Å²) in [5, 5.41) is 21.0. The molecule has 1 aromatic carbocycles. The Bertz CT molecular complexity index is 680. The van der Waals surface area contributed by atoms with Crippen molar-refractivity contribution in [2.45, 2.75) is 71.5 Å². The molecule has 3 nitrogen and oxygen atoms in total. The van der Waals surface area contributed by atoms with Crippen LogP contribution in [0.2, 0.25) is 0 Å². The van der Waals surface area contributed by atoms with E-state index in [-0.39, 0.29) is 17.6 Å². The van der Waals surface area contributed by atoms with E-state index in [1.54, 1.807) is 0 Å². The second kappa shape index (κ2) is 10.0. The number of rotatable bonds is 7. The molecule has 7 atom stereocenters. The number of hydrogen-bond acceptors (Lipinski definition) is 3. The van der Waals surface area contributed by atoms with Gasteiger partial charge in [-0.1, -0.05) is 69.7 Å². The van der Waals surface area contributed by atoms with Gasteiger partial charge < -0.3 is 10.2 Å². The summed E-state index contributed by atoms with van der Waals surface area (Å²) in [5.74, 6) is 2.31. The fourth-order valence-electron chi connectivity index (χ4n) is 5.74. The van der Waals surface area contributed by atoms with Gasteiger partial charge >= 0.3 is 0 Å². The number of hydrogen-bond donors (Lipinski definition) is 2. The molecule has 29 heavy (non-hydrogen) atoms. The van der Waals surface area contributed by atoms with Gasteiger partial charge in [0.05, 0.1) is 12.2 Å². The Balaban J connectivity index is 1.66. The summed E-state index contributed by atoms with van der Waals surface area (Å²) in [4.78, 5) is 12.9. The Kier molecular flexibility index (Phi) is 7.70. The van der Waals surface area contributed by atoms with Gasteiger partial charge in [0.2, 0.25) is 0 Å². The summed E-state index contributed by atoms with van der Waals surface area (Å²) in [6, 6.07) is 9.72. The van der Waals surface area contributed by atoms with Crippen LogP contribution >= 0.6 is 0 Å². The third-order valence-corrected chi connectivity index (χ3v) is 7.33. The lowest BCUT2D eigenvalue weighted by atomic mass is 9.63. The maximum Gasteiger partial charge on any atom is 0.139 e. The normalized spacial score (nSPS) is 34.2. The van der Waals surface area contributed by atoms with Crippen molar-refractivity contribution in [2.75, 3.05) is 0 Å². The number of Topliss-reactive ketones (excluding diaryl/α,β-unsaturated/α-hetero) is 1. The van der Waals surface area contributed by atoms with Crippen LogP contribution in [0, 0.1) is 35.5 Å². The number of carbonyl (C=O) groups is 1. The molecule has 3 heteroatoms. The highest BCUT2D eigenvalue weighted by Crippen LogP contribution is 2.48. The highest BCUT2D eigenvalue weighted by molar-refractivity contribution is 5.85. The third kappa shape index (κ3) is 5.38. The van der Waals surface area contributed by atoms with Crippen LogP contribution in [0.25, 0.3) is 0 Å². The number of benzene rings is 1. The van der Waals surface area contributed by atoms with Crippen molar-refractivity contribution in [3.63, 3.8) is 0 Å². The Morgan fingerprint density at radius 3 is 2.59 bits per heavy atom. The lowest BCUT2D eigenvalue weighted by molar-refractivity contribution is -0.124. The highest BCUT2D eigenvalue weighted by Gasteiger charge is 2.48. The SMILES string of the molecule is CC(C)[C@H]1CC[C@H](C)C[C@H]1[C@H]1C(=O)C[C@@H](O)[C@@H]1/C=C/CCC(O)c1ccccc1. The van der Waals surface area contributed by atoms with Crippen molar-refractivity contribution in [2.24, 2.45) is 35.5 Å². The Labute approximate surface area is 176 Å². The average molecular weight is 399 g/mol. The summed E-state index contributed by atoms with van der Waals surface area (Å²) in [6.07, 6.45) is 8.35. The first-order valence-corrected chi connectivity index (χ1v) is 11.5. The predicted octanol–water partition coefficient (Wildman–Crippen LogP) is 5.33. The summed E-state index contributed by atoms with van der Waals surface area (Å²) < 4.78 is 0. The standard InChI is InChI=1S/C26H38O3/c1-17(2)20-14-13-18(3)15-22(20)26-21(24(28)16-25(26)29)11-7-8-12-23(27)19-9-5-4-6-10-19/h4-7,9-11,17-18,20-24,26-28H,8,12-16H2,1-3H3/b11-7+/t18-,20+,21-,22+,23?,24+,26-/m0/s1. The largest absolute Gasteiger partial charge is 0.392 e. The molecule has 2 N–H and O–H groups in total. The van der Waals surface area contributed by atoms with Crippen LogP contribution in [-0.4, -0.2) is 22.1 Å². The molecule has 160 valence electrons. The molecule has 2 aliphatic carbocycles. The molecular formula is C26H38O3. The molecule has 2 saturated carbocycles. The molecule has 0 amide bonds. The summed E-state index contributed by atoms with van der Waals surface area (Å²) >= 11 is 0. The number of ketones is 1. The Morgan fingerprint density at radius 2 is 1.90 bits per heavy atom. The van der Waals surface area contributed by atoms with Crippen LogP contribution in [0.3, 0.4) is 0 Å². The molecule has 2 aliphatic rings. The molecule has 0 bridgehead atoms. The lowest BCUT2D eigenvalue weighted by Gasteiger charge is -2.41. The topological polar surface area (TPSA) is 57.5 Å². The summed E-state index contributed by atoms with van der Waals surface area (Å²) in [5.41, 5.74) is 0.936. The molecule has 0 radical (unpaired) electrons. The van der Waals surface area contributed by atoms with E-state index in [0.717, 1.165) is 18.4 Å². The first-order chi connectivity index (χ1) is 13.9. The van der Waals surface area contributed by atoms with Crippen molar-refractivity contribution < 1.29 is 15.0 Å². The van der Waals surface area contributed by atoms with Crippen molar-refractivity contribution in [1.29, 1.82) is 0 Å². The quantitative estimate of drug-likeness (QED) is 0.610. The van der Waals surface area contributed by atoms with Gasteiger partial charge in [-0.2, -0.15) is 0 Å². The van der Waals surface area contributed by atoms with E-state index >= 15 is 0 Å². The molecule has 0 spiro atoms. The minimum atomic E-state index is -0.562. The van der Waals surface area contributed by atoms with E-state index in [2.05, 4.69) is 32.9 Å². The molecule has 0 heterocycles. The van der Waals surface area contributed by atoms with Gasteiger partial charge in [-0.15, -0.1) is 0 Å². The maximum absolute atomic E-state index is 12.9. The zero-order chi connectivity index (χ0) is 21.0. The predicted molar refractivity (Wildman–Crippen MR) is 117 cm³/mol. The number of allylic oxidation sites excluding steroid dienone is 1. The molecule has 0 aromatic heterocycles. The van der Waals surface area contributed by atoms with Crippen LogP contribution in [0.1, 0.15) is 71.0 Å². The second-order valence-electron chi connectivity index (χ2n) is 9.76. The first-order valence-electron chi connectivity index (χ1n) is 11.5. The van der Waals surface area contributed by atoms with Gasteiger partial charge in [-0.05, 0) is 54.9 Å². The van der Waals surface area contributed by atoms with Crippen molar-refractivity contribution in [1.82, 2.24) is 0 Å². The Morgan fingerprint density at radius 1 is 1.17 bits per heavy atom. The van der Waals surface area contributed by atoms with Crippen molar-refractivity contribution in [3.8, 4) is 0 Å². The number of aliphatic hydroxyl groups excluding tert-OH is 2. The second-order valence-corrected chi connectivity index (χ2v) is 9.76. The lowest BCUT2D eigenvalue weighted by Crippen LogP contribution is -2.37. The molecule has 2 fully saturated rings. The average Bonchev–Trinajstić information content (AvgIpc) is 2.98. The minimum absolute atomic E-state index is 0.0459. The van der Waals surface area contributed by atoms with E-state index in [0.29, 0.717) is 36.5 Å². The smallest absolute Gasteiger partial charge is 0.139 e. The molecule has 0 aliphatic heterocycles.